The van der Waals surface area contributed by atoms with Gasteiger partial charge in [-0.3, -0.25) is 4.90 Å². The lowest BCUT2D eigenvalue weighted by molar-refractivity contribution is -0.161. The Morgan fingerprint density at radius 2 is 1.69 bits per heavy atom. The van der Waals surface area contributed by atoms with Gasteiger partial charge in [0.05, 0.1) is 0 Å². The van der Waals surface area contributed by atoms with E-state index >= 15 is 0 Å². The predicted molar refractivity (Wildman–Crippen MR) is 56.9 cm³/mol. The number of halogens is 3. The van der Waals surface area contributed by atoms with Crippen LogP contribution >= 0.6 is 0 Å². The molecule has 0 heterocycles. The zero-order valence-corrected chi connectivity index (χ0v) is 9.05. The van der Waals surface area contributed by atoms with Crippen LogP contribution in [0.1, 0.15) is 5.56 Å². The van der Waals surface area contributed by atoms with Crippen LogP contribution in [0, 0.1) is 11.8 Å². The highest BCUT2D eigenvalue weighted by Crippen LogP contribution is 2.22. The molecule has 0 aliphatic heterocycles. The summed E-state index contributed by atoms with van der Waals surface area (Å²) in [7, 11) is 2.72. The van der Waals surface area contributed by atoms with Crippen LogP contribution in [-0.2, 0) is 0 Å². The molecule has 0 aliphatic carbocycles. The molecule has 0 spiro atoms. The molecule has 1 rings (SSSR count). The van der Waals surface area contributed by atoms with Gasteiger partial charge in [0, 0.05) is 5.56 Å². The number of rotatable bonds is 1. The summed E-state index contributed by atoms with van der Waals surface area (Å²) in [5, 5.41) is 0. The van der Waals surface area contributed by atoms with E-state index in [1.54, 1.807) is 30.3 Å². The molecule has 1 aromatic rings. The van der Waals surface area contributed by atoms with E-state index < -0.39 is 12.2 Å². The quantitative estimate of drug-likeness (QED) is 0.666. The van der Waals surface area contributed by atoms with E-state index in [0.717, 1.165) is 4.90 Å². The predicted octanol–water partition coefficient (Wildman–Crippen LogP) is 2.53. The maximum Gasteiger partial charge on any atom is 0.415 e. The van der Waals surface area contributed by atoms with Gasteiger partial charge in [-0.1, -0.05) is 30.0 Å². The first kappa shape index (κ1) is 12.6. The second-order valence-corrected chi connectivity index (χ2v) is 3.54. The van der Waals surface area contributed by atoms with Gasteiger partial charge in [-0.2, -0.15) is 13.2 Å². The lowest BCUT2D eigenvalue weighted by atomic mass is 10.2. The number of hydrogen-bond donors (Lipinski definition) is 0. The topological polar surface area (TPSA) is 3.24 Å². The normalized spacial score (nSPS) is 13.1. The van der Waals surface area contributed by atoms with E-state index in [4.69, 9.17) is 0 Å². The molecule has 0 radical (unpaired) electrons. The fourth-order valence-electron chi connectivity index (χ4n) is 1.18. The molecule has 16 heavy (non-hydrogen) atoms. The van der Waals surface area contributed by atoms with Crippen molar-refractivity contribution in [1.82, 2.24) is 4.90 Å². The zero-order chi connectivity index (χ0) is 12.2. The van der Waals surface area contributed by atoms with Gasteiger partial charge in [0.1, 0.15) is 0 Å². The maximum absolute atomic E-state index is 12.5. The molecule has 0 N–H and O–H groups in total. The van der Waals surface area contributed by atoms with E-state index in [0.29, 0.717) is 5.56 Å². The minimum Gasteiger partial charge on any atom is -0.288 e. The molecule has 1 aromatic carbocycles. The first-order valence-corrected chi connectivity index (χ1v) is 4.71. The van der Waals surface area contributed by atoms with Crippen molar-refractivity contribution < 1.29 is 13.2 Å². The third-order valence-electron chi connectivity index (χ3n) is 1.95. The van der Waals surface area contributed by atoms with Crippen molar-refractivity contribution in [3.8, 4) is 11.8 Å². The number of hydrogen-bond acceptors (Lipinski definition) is 1. The third-order valence-corrected chi connectivity index (χ3v) is 1.95. The molecule has 0 aliphatic rings. The molecule has 0 fully saturated rings. The average molecular weight is 227 g/mol. The van der Waals surface area contributed by atoms with Crippen LogP contribution in [0.3, 0.4) is 0 Å². The van der Waals surface area contributed by atoms with Gasteiger partial charge in [-0.15, -0.1) is 0 Å². The van der Waals surface area contributed by atoms with Gasteiger partial charge in [-0.25, -0.2) is 0 Å². The van der Waals surface area contributed by atoms with Crippen molar-refractivity contribution in [3.63, 3.8) is 0 Å². The molecule has 4 heteroatoms. The van der Waals surface area contributed by atoms with Crippen LogP contribution < -0.4 is 0 Å². The molecular weight excluding hydrogens is 215 g/mol. The molecule has 0 bridgehead atoms. The lowest BCUT2D eigenvalue weighted by Crippen LogP contribution is -2.40. The van der Waals surface area contributed by atoms with Gasteiger partial charge in [-0.05, 0) is 26.2 Å². The van der Waals surface area contributed by atoms with Gasteiger partial charge in [0.15, 0.2) is 6.04 Å². The summed E-state index contributed by atoms with van der Waals surface area (Å²) in [4.78, 5) is 1.05. The van der Waals surface area contributed by atoms with Crippen molar-refractivity contribution in [2.24, 2.45) is 0 Å². The summed E-state index contributed by atoms with van der Waals surface area (Å²) < 4.78 is 37.6. The van der Waals surface area contributed by atoms with Crippen LogP contribution in [-0.4, -0.2) is 31.2 Å². The molecule has 1 atom stereocenters. The van der Waals surface area contributed by atoms with E-state index in [1.807, 2.05) is 0 Å². The van der Waals surface area contributed by atoms with Gasteiger partial charge in [0.25, 0.3) is 0 Å². The Hall–Kier alpha value is -1.47. The molecule has 1 unspecified atom stereocenters. The van der Waals surface area contributed by atoms with Crippen LogP contribution in [0.2, 0.25) is 0 Å². The summed E-state index contributed by atoms with van der Waals surface area (Å²) in [5.41, 5.74) is 0.582. The first-order valence-electron chi connectivity index (χ1n) is 4.71. The molecule has 0 aromatic heterocycles. The van der Waals surface area contributed by atoms with Gasteiger partial charge < -0.3 is 0 Å². The second-order valence-electron chi connectivity index (χ2n) is 3.54. The van der Waals surface area contributed by atoms with Crippen LogP contribution in [0.4, 0.5) is 13.2 Å². The minimum absolute atomic E-state index is 0.582. The molecule has 0 amide bonds. The first-order chi connectivity index (χ1) is 7.41. The summed E-state index contributed by atoms with van der Waals surface area (Å²) in [5.74, 6) is 4.75. The summed E-state index contributed by atoms with van der Waals surface area (Å²) >= 11 is 0. The number of alkyl halides is 3. The smallest absolute Gasteiger partial charge is 0.288 e. The highest BCUT2D eigenvalue weighted by molar-refractivity contribution is 5.35. The zero-order valence-electron chi connectivity index (χ0n) is 9.05. The SMILES string of the molecule is CN(C)C(C#Cc1ccccc1)C(F)(F)F. The van der Waals surface area contributed by atoms with Gasteiger partial charge >= 0.3 is 6.18 Å². The summed E-state index contributed by atoms with van der Waals surface area (Å²) in [6.45, 7) is 0. The fourth-order valence-corrected chi connectivity index (χ4v) is 1.18. The van der Waals surface area contributed by atoms with Crippen molar-refractivity contribution in [2.45, 2.75) is 12.2 Å². The Morgan fingerprint density at radius 1 is 1.12 bits per heavy atom. The van der Waals surface area contributed by atoms with Crippen LogP contribution in [0.25, 0.3) is 0 Å². The monoisotopic (exact) mass is 227 g/mol. The minimum atomic E-state index is -4.33. The summed E-state index contributed by atoms with van der Waals surface area (Å²) in [6, 6.07) is 6.89. The Bertz CT molecular complexity index is 384. The number of nitrogens with zero attached hydrogens (tertiary/aromatic N) is 1. The molecule has 0 saturated heterocycles. The average Bonchev–Trinajstić information content (AvgIpc) is 2.17. The molecule has 0 saturated carbocycles. The third kappa shape index (κ3) is 3.59. The van der Waals surface area contributed by atoms with E-state index in [-0.39, 0.29) is 0 Å². The van der Waals surface area contributed by atoms with Crippen molar-refractivity contribution in [1.29, 1.82) is 0 Å². The van der Waals surface area contributed by atoms with Crippen molar-refractivity contribution in [2.75, 3.05) is 14.1 Å². The van der Waals surface area contributed by atoms with E-state index in [2.05, 4.69) is 11.8 Å². The van der Waals surface area contributed by atoms with E-state index in [9.17, 15) is 13.2 Å². The molecule has 1 nitrogen and oxygen atoms in total. The Labute approximate surface area is 92.9 Å². The highest BCUT2D eigenvalue weighted by atomic mass is 19.4. The molecular formula is C12H12F3N. The fraction of sp³-hybridized carbons (Fsp3) is 0.333. The standard InChI is InChI=1S/C12H12F3N/c1-16(2)11(12(13,14)15)9-8-10-6-4-3-5-7-10/h3-7,11H,1-2H3. The van der Waals surface area contributed by atoms with Gasteiger partial charge in [0.2, 0.25) is 0 Å². The Kier molecular flexibility index (Phi) is 3.97. The summed E-state index contributed by atoms with van der Waals surface area (Å²) in [6.07, 6.45) is -4.33. The second kappa shape index (κ2) is 5.04. The number of benzene rings is 1. The highest BCUT2D eigenvalue weighted by Gasteiger charge is 2.40. The lowest BCUT2D eigenvalue weighted by Gasteiger charge is -2.21. The maximum atomic E-state index is 12.5. The molecule has 86 valence electrons. The van der Waals surface area contributed by atoms with Crippen molar-refractivity contribution in [3.05, 3.63) is 35.9 Å². The van der Waals surface area contributed by atoms with Crippen LogP contribution in [0.5, 0.6) is 0 Å². The Balaban J connectivity index is 2.90. The van der Waals surface area contributed by atoms with Crippen LogP contribution in [0.15, 0.2) is 30.3 Å². The Morgan fingerprint density at radius 3 is 2.12 bits per heavy atom. The van der Waals surface area contributed by atoms with E-state index in [1.165, 1.54) is 14.1 Å². The van der Waals surface area contributed by atoms with Crippen molar-refractivity contribution >= 4 is 0 Å². The largest absolute Gasteiger partial charge is 0.415 e.